The molecule has 0 saturated heterocycles. The van der Waals surface area contributed by atoms with Crippen molar-refractivity contribution in [3.8, 4) is 0 Å². The lowest BCUT2D eigenvalue weighted by molar-refractivity contribution is -0.202. The second kappa shape index (κ2) is 14.8. The van der Waals surface area contributed by atoms with Crippen LogP contribution in [0.2, 0.25) is 0 Å². The lowest BCUT2D eigenvalue weighted by atomic mass is 9.43. The fraction of sp³-hybridized carbons (Fsp3) is 0.944. The predicted octanol–water partition coefficient (Wildman–Crippen LogP) is 7.49. The highest BCUT2D eigenvalue weighted by atomic mass is 16.4. The first-order valence-corrected chi connectivity index (χ1v) is 17.9. The Kier molecular flexibility index (Phi) is 11.9. The van der Waals surface area contributed by atoms with E-state index >= 15 is 0 Å². The Labute approximate surface area is 256 Å². The molecule has 4 N–H and O–H groups in total. The van der Waals surface area contributed by atoms with Crippen LogP contribution in [0.15, 0.2) is 0 Å². The van der Waals surface area contributed by atoms with Gasteiger partial charge in [0.1, 0.15) is 0 Å². The van der Waals surface area contributed by atoms with Gasteiger partial charge in [-0.05, 0) is 104 Å². The first-order chi connectivity index (χ1) is 20.0. The number of carboxylic acids is 1. The molecule has 0 unspecified atom stereocenters. The highest BCUT2D eigenvalue weighted by Crippen LogP contribution is 2.68. The van der Waals surface area contributed by atoms with E-state index in [1.165, 1.54) is 44.9 Å². The highest BCUT2D eigenvalue weighted by Gasteiger charge is 2.65. The molecule has 0 radical (unpaired) electrons. The van der Waals surface area contributed by atoms with Gasteiger partial charge < -0.3 is 20.6 Å². The minimum absolute atomic E-state index is 0.0809. The molecule has 4 fully saturated rings. The minimum Gasteiger partial charge on any atom is -0.481 e. The molecule has 4 saturated carbocycles. The maximum absolute atomic E-state index is 12.8. The van der Waals surface area contributed by atoms with Crippen molar-refractivity contribution in [3.05, 3.63) is 0 Å². The van der Waals surface area contributed by atoms with Gasteiger partial charge in [-0.25, -0.2) is 0 Å². The number of aliphatic hydroxyl groups is 2. The number of carbonyl (C=O) groups excluding carboxylic acids is 1. The van der Waals surface area contributed by atoms with Crippen LogP contribution in [0, 0.1) is 46.3 Å². The molecule has 4 rings (SSSR count). The Morgan fingerprint density at radius 3 is 2.19 bits per heavy atom. The lowest BCUT2D eigenvalue weighted by Gasteiger charge is -2.63. The molecular formula is C36H63NO5. The smallest absolute Gasteiger partial charge is 0.303 e. The van der Waals surface area contributed by atoms with Gasteiger partial charge in [0.05, 0.1) is 12.2 Å². The number of rotatable bonds is 15. The average molecular weight is 590 g/mol. The zero-order valence-electron chi connectivity index (χ0n) is 27.3. The number of aliphatic hydroxyl groups excluding tert-OH is 2. The van der Waals surface area contributed by atoms with Crippen LogP contribution in [0.1, 0.15) is 150 Å². The van der Waals surface area contributed by atoms with Crippen molar-refractivity contribution in [1.82, 2.24) is 5.32 Å². The van der Waals surface area contributed by atoms with Gasteiger partial charge in [-0.15, -0.1) is 0 Å². The first kappa shape index (κ1) is 33.7. The van der Waals surface area contributed by atoms with E-state index in [1.54, 1.807) is 0 Å². The molecule has 42 heavy (non-hydrogen) atoms. The summed E-state index contributed by atoms with van der Waals surface area (Å²) in [7, 11) is 0. The summed E-state index contributed by atoms with van der Waals surface area (Å²) in [4.78, 5) is 24.0. The summed E-state index contributed by atoms with van der Waals surface area (Å²) >= 11 is 0. The quantitative estimate of drug-likeness (QED) is 0.148. The summed E-state index contributed by atoms with van der Waals surface area (Å²) in [6, 6.07) is 0.197. The summed E-state index contributed by atoms with van der Waals surface area (Å²) < 4.78 is 0. The topological polar surface area (TPSA) is 107 Å². The van der Waals surface area contributed by atoms with Crippen molar-refractivity contribution in [3.63, 3.8) is 0 Å². The molecule has 4 aliphatic carbocycles. The molecule has 0 heterocycles. The average Bonchev–Trinajstić information content (AvgIpc) is 3.30. The fourth-order valence-corrected chi connectivity index (χ4v) is 10.7. The number of carbonyl (C=O) groups is 2. The zero-order valence-corrected chi connectivity index (χ0v) is 27.3. The molecule has 0 bridgehead atoms. The fourth-order valence-electron chi connectivity index (χ4n) is 10.7. The summed E-state index contributed by atoms with van der Waals surface area (Å²) in [6.07, 6.45) is 18.5. The summed E-state index contributed by atoms with van der Waals surface area (Å²) in [6.45, 7) is 9.08. The van der Waals surface area contributed by atoms with Crippen LogP contribution in [0.25, 0.3) is 0 Å². The summed E-state index contributed by atoms with van der Waals surface area (Å²) in [5.74, 6) is 1.14. The molecule has 0 aromatic carbocycles. The maximum atomic E-state index is 12.8. The van der Waals surface area contributed by atoms with E-state index < -0.39 is 12.1 Å². The van der Waals surface area contributed by atoms with Gasteiger partial charge in [-0.3, -0.25) is 9.59 Å². The Balaban J connectivity index is 1.29. The third kappa shape index (κ3) is 7.22. The van der Waals surface area contributed by atoms with E-state index in [4.69, 9.17) is 0 Å². The SMILES string of the molecule is CCCCCCCCCCCC(=O)N[C@H]1CC[C@@]2(C)[C@@H](C1)C[C@@H](O)[C@@H]1[C@@H]2C[C@H](O)[C@]2(C)[C@@H]([C@H](C)CCC(=O)O)CC[C@@H]12. The van der Waals surface area contributed by atoms with Gasteiger partial charge in [0, 0.05) is 18.9 Å². The third-order valence-corrected chi connectivity index (χ3v) is 13.2. The second-order valence-electron chi connectivity index (χ2n) is 15.6. The number of hydrogen-bond donors (Lipinski definition) is 4. The molecule has 0 spiro atoms. The van der Waals surface area contributed by atoms with Crippen molar-refractivity contribution in [2.75, 3.05) is 0 Å². The van der Waals surface area contributed by atoms with Crippen molar-refractivity contribution in [2.45, 2.75) is 168 Å². The van der Waals surface area contributed by atoms with E-state index in [-0.39, 0.29) is 53.1 Å². The van der Waals surface area contributed by atoms with Crippen LogP contribution in [-0.4, -0.2) is 45.4 Å². The number of nitrogens with one attached hydrogen (secondary N) is 1. The normalized spacial score (nSPS) is 40.0. The minimum atomic E-state index is -0.747. The third-order valence-electron chi connectivity index (χ3n) is 13.2. The summed E-state index contributed by atoms with van der Waals surface area (Å²) in [5, 5.41) is 36.0. The Bertz CT molecular complexity index is 894. The van der Waals surface area contributed by atoms with E-state index in [1.807, 2.05) is 0 Å². The predicted molar refractivity (Wildman–Crippen MR) is 168 cm³/mol. The maximum Gasteiger partial charge on any atom is 0.303 e. The van der Waals surface area contributed by atoms with E-state index in [9.17, 15) is 24.9 Å². The Morgan fingerprint density at radius 1 is 0.857 bits per heavy atom. The number of carboxylic acid groups (broad SMARTS) is 1. The van der Waals surface area contributed by atoms with Crippen molar-refractivity contribution >= 4 is 11.9 Å². The molecule has 0 aliphatic heterocycles. The molecule has 4 aliphatic rings. The Hall–Kier alpha value is -1.14. The van der Waals surface area contributed by atoms with Gasteiger partial charge in [0.15, 0.2) is 0 Å². The molecule has 6 heteroatoms. The standard InChI is InChI=1S/C36H63NO5/c1-5-6-7-8-9-10-11-12-13-14-32(40)37-26-19-20-35(3)25(21-26)22-30(38)34-28-17-16-27(24(2)15-18-33(41)42)36(28,4)31(39)23-29(34)35/h24-31,34,38-39H,5-23H2,1-4H3,(H,37,40)(H,41,42)/t24-,25+,26+,27-,28+,29+,30-,31+,34+,35+,36-/m1/s1. The number of fused-ring (bicyclic) bond motifs is 5. The molecule has 11 atom stereocenters. The second-order valence-corrected chi connectivity index (χ2v) is 15.6. The van der Waals surface area contributed by atoms with E-state index in [0.717, 1.165) is 57.8 Å². The van der Waals surface area contributed by atoms with Gasteiger partial charge >= 0.3 is 5.97 Å². The monoisotopic (exact) mass is 589 g/mol. The van der Waals surface area contributed by atoms with Gasteiger partial charge in [0.25, 0.3) is 0 Å². The van der Waals surface area contributed by atoms with E-state index in [0.29, 0.717) is 30.6 Å². The van der Waals surface area contributed by atoms with Crippen LogP contribution in [0.5, 0.6) is 0 Å². The number of hydrogen-bond acceptors (Lipinski definition) is 4. The van der Waals surface area contributed by atoms with E-state index in [2.05, 4.69) is 33.0 Å². The Morgan fingerprint density at radius 2 is 1.52 bits per heavy atom. The van der Waals surface area contributed by atoms with Crippen molar-refractivity contribution in [1.29, 1.82) is 0 Å². The van der Waals surface area contributed by atoms with Crippen LogP contribution in [0.4, 0.5) is 0 Å². The van der Waals surface area contributed by atoms with Gasteiger partial charge in [0.2, 0.25) is 5.91 Å². The van der Waals surface area contributed by atoms with Gasteiger partial charge in [-0.1, -0.05) is 79.1 Å². The van der Waals surface area contributed by atoms with Crippen LogP contribution < -0.4 is 5.32 Å². The molecule has 0 aromatic rings. The molecule has 0 aromatic heterocycles. The molecule has 1 amide bonds. The molecular weight excluding hydrogens is 526 g/mol. The van der Waals surface area contributed by atoms with Crippen LogP contribution >= 0.6 is 0 Å². The van der Waals surface area contributed by atoms with Crippen LogP contribution in [0.3, 0.4) is 0 Å². The highest BCUT2D eigenvalue weighted by molar-refractivity contribution is 5.76. The number of unbranched alkanes of at least 4 members (excludes halogenated alkanes) is 8. The zero-order chi connectivity index (χ0) is 30.5. The number of aliphatic carboxylic acids is 1. The first-order valence-electron chi connectivity index (χ1n) is 17.9. The lowest BCUT2D eigenvalue weighted by Crippen LogP contribution is -2.63. The number of amides is 1. The summed E-state index contributed by atoms with van der Waals surface area (Å²) in [5.41, 5.74) is -0.179. The molecule has 242 valence electrons. The largest absolute Gasteiger partial charge is 0.481 e. The van der Waals surface area contributed by atoms with Crippen LogP contribution in [-0.2, 0) is 9.59 Å². The molecule has 6 nitrogen and oxygen atoms in total. The van der Waals surface area contributed by atoms with Gasteiger partial charge in [-0.2, -0.15) is 0 Å². The van der Waals surface area contributed by atoms with Crippen molar-refractivity contribution in [2.24, 2.45) is 46.3 Å². The van der Waals surface area contributed by atoms with Crippen molar-refractivity contribution < 1.29 is 24.9 Å².